The topological polar surface area (TPSA) is 71.6 Å². The Labute approximate surface area is 207 Å². The minimum Gasteiger partial charge on any atom is -0.444 e. The number of urea groups is 1. The number of morpholine rings is 2. The highest BCUT2D eigenvalue weighted by Crippen LogP contribution is 2.35. The number of hydrogen-bond acceptors (Lipinski definition) is 5. The lowest BCUT2D eigenvalue weighted by molar-refractivity contribution is -0.0337. The summed E-state index contributed by atoms with van der Waals surface area (Å²) in [5.41, 5.74) is 2.49. The van der Waals surface area contributed by atoms with Gasteiger partial charge >= 0.3 is 12.1 Å². The molecule has 3 aliphatic heterocycles. The van der Waals surface area contributed by atoms with Gasteiger partial charge in [-0.2, -0.15) is 0 Å². The van der Waals surface area contributed by atoms with Gasteiger partial charge in [0, 0.05) is 24.7 Å². The number of rotatable bonds is 1. The van der Waals surface area contributed by atoms with E-state index in [-0.39, 0.29) is 30.2 Å². The summed E-state index contributed by atoms with van der Waals surface area (Å²) in [6.45, 7) is 13.1. The van der Waals surface area contributed by atoms with E-state index in [0.717, 1.165) is 16.7 Å². The number of carbonyl (C=O) groups excluding carboxylic acids is 2. The molecule has 0 N–H and O–H groups in total. The zero-order chi connectivity index (χ0) is 24.6. The predicted molar refractivity (Wildman–Crippen MR) is 129 cm³/mol. The van der Waals surface area contributed by atoms with Crippen LogP contribution in [0.1, 0.15) is 57.4 Å². The molecule has 188 valence electrons. The fourth-order valence-electron chi connectivity index (χ4n) is 5.06. The summed E-state index contributed by atoms with van der Waals surface area (Å²) in [5.74, 6) is 0. The van der Waals surface area contributed by atoms with Crippen LogP contribution in [0.4, 0.5) is 9.59 Å². The van der Waals surface area contributed by atoms with E-state index < -0.39 is 5.60 Å². The van der Waals surface area contributed by atoms with Gasteiger partial charge in [-0.15, -0.1) is 0 Å². The van der Waals surface area contributed by atoms with E-state index >= 15 is 0 Å². The Morgan fingerprint density at radius 3 is 2.44 bits per heavy atom. The first-order valence-corrected chi connectivity index (χ1v) is 12.5. The molecule has 2 saturated heterocycles. The summed E-state index contributed by atoms with van der Waals surface area (Å²) in [7, 11) is 0. The molecule has 1 aromatic rings. The first-order valence-electron chi connectivity index (χ1n) is 12.1. The minimum absolute atomic E-state index is 0.0248. The van der Waals surface area contributed by atoms with Crippen LogP contribution in [-0.4, -0.2) is 84.0 Å². The zero-order valence-corrected chi connectivity index (χ0v) is 21.6. The second kappa shape index (κ2) is 9.91. The van der Waals surface area contributed by atoms with Gasteiger partial charge in [0.05, 0.1) is 44.6 Å². The second-order valence-electron chi connectivity index (χ2n) is 10.5. The van der Waals surface area contributed by atoms with Crippen molar-refractivity contribution < 1.29 is 23.8 Å². The molecule has 3 heterocycles. The number of carbonyl (C=O) groups is 2. The second-order valence-corrected chi connectivity index (χ2v) is 10.9. The van der Waals surface area contributed by atoms with Crippen molar-refractivity contribution in [3.63, 3.8) is 0 Å². The van der Waals surface area contributed by atoms with Crippen molar-refractivity contribution in [3.8, 4) is 0 Å². The van der Waals surface area contributed by atoms with E-state index in [2.05, 4.69) is 0 Å². The van der Waals surface area contributed by atoms with Crippen molar-refractivity contribution in [3.05, 3.63) is 33.8 Å². The van der Waals surface area contributed by atoms with Crippen molar-refractivity contribution in [1.29, 1.82) is 0 Å². The smallest absolute Gasteiger partial charge is 0.410 e. The number of nitrogens with zero attached hydrogens (tertiary/aromatic N) is 3. The van der Waals surface area contributed by atoms with Crippen LogP contribution in [0.2, 0.25) is 5.02 Å². The maximum Gasteiger partial charge on any atom is 0.410 e. The Kier molecular flexibility index (Phi) is 7.31. The van der Waals surface area contributed by atoms with Crippen molar-refractivity contribution in [2.75, 3.05) is 39.5 Å². The van der Waals surface area contributed by atoms with Crippen molar-refractivity contribution >= 4 is 23.7 Å². The van der Waals surface area contributed by atoms with Gasteiger partial charge in [-0.3, -0.25) is 4.90 Å². The summed E-state index contributed by atoms with van der Waals surface area (Å²) >= 11 is 6.52. The highest BCUT2D eigenvalue weighted by atomic mass is 35.5. The van der Waals surface area contributed by atoms with Crippen LogP contribution in [-0.2, 0) is 27.2 Å². The molecule has 1 aromatic carbocycles. The van der Waals surface area contributed by atoms with Crippen molar-refractivity contribution in [1.82, 2.24) is 14.7 Å². The molecule has 4 rings (SSSR count). The van der Waals surface area contributed by atoms with Crippen LogP contribution in [0.15, 0.2) is 12.1 Å². The van der Waals surface area contributed by atoms with Gasteiger partial charge in [-0.25, -0.2) is 9.59 Å². The molecule has 0 aliphatic carbocycles. The van der Waals surface area contributed by atoms with Crippen LogP contribution < -0.4 is 0 Å². The largest absolute Gasteiger partial charge is 0.444 e. The molecule has 0 aromatic heterocycles. The number of benzene rings is 1. The Balaban J connectivity index is 1.63. The Bertz CT molecular complexity index is 924. The Morgan fingerprint density at radius 1 is 1.06 bits per heavy atom. The molecule has 0 radical (unpaired) electrons. The quantitative estimate of drug-likeness (QED) is 0.585. The molecule has 9 heteroatoms. The van der Waals surface area contributed by atoms with Crippen LogP contribution in [0.5, 0.6) is 0 Å². The Hall–Kier alpha value is -2.03. The molecular weight excluding hydrogens is 458 g/mol. The van der Waals surface area contributed by atoms with E-state index in [1.165, 1.54) is 0 Å². The van der Waals surface area contributed by atoms with Crippen LogP contribution >= 0.6 is 11.6 Å². The van der Waals surface area contributed by atoms with Crippen molar-refractivity contribution in [2.24, 2.45) is 0 Å². The molecule has 0 saturated carbocycles. The molecule has 2 unspecified atom stereocenters. The molecular formula is C25H36ClN3O5. The highest BCUT2D eigenvalue weighted by molar-refractivity contribution is 6.30. The van der Waals surface area contributed by atoms with E-state index in [4.69, 9.17) is 25.8 Å². The number of amides is 3. The highest BCUT2D eigenvalue weighted by Gasteiger charge is 2.37. The molecule has 3 aliphatic rings. The lowest BCUT2D eigenvalue weighted by atomic mass is 9.90. The Morgan fingerprint density at radius 2 is 1.76 bits per heavy atom. The van der Waals surface area contributed by atoms with Gasteiger partial charge in [0.2, 0.25) is 0 Å². The number of ether oxygens (including phenoxy) is 3. The lowest BCUT2D eigenvalue weighted by Crippen LogP contribution is -2.57. The maximum absolute atomic E-state index is 13.5. The van der Waals surface area contributed by atoms with Gasteiger partial charge in [-0.1, -0.05) is 11.6 Å². The fraction of sp³-hybridized carbons (Fsp3) is 0.680. The van der Waals surface area contributed by atoms with Gasteiger partial charge in [0.15, 0.2) is 0 Å². The monoisotopic (exact) mass is 493 g/mol. The first-order chi connectivity index (χ1) is 16.0. The molecule has 0 bridgehead atoms. The molecule has 2 fully saturated rings. The van der Waals surface area contributed by atoms with Gasteiger partial charge < -0.3 is 24.0 Å². The zero-order valence-electron chi connectivity index (χ0n) is 20.8. The van der Waals surface area contributed by atoms with Crippen molar-refractivity contribution in [2.45, 2.75) is 71.3 Å². The van der Waals surface area contributed by atoms with Crippen LogP contribution in [0.3, 0.4) is 0 Å². The summed E-state index contributed by atoms with van der Waals surface area (Å²) in [6, 6.07) is 3.63. The number of halogens is 1. The third-order valence-electron chi connectivity index (χ3n) is 6.62. The molecule has 3 amide bonds. The SMILES string of the molecule is CC1COCC(C)N1C(=O)N1CCc2cc(Cl)cc([C@@H]3COCCN3C(=O)OC(C)(C)C)c2C1. The molecule has 3 atom stereocenters. The average Bonchev–Trinajstić information content (AvgIpc) is 2.77. The fourth-order valence-corrected chi connectivity index (χ4v) is 5.31. The average molecular weight is 494 g/mol. The van der Waals surface area contributed by atoms with E-state index in [0.29, 0.717) is 57.5 Å². The number of hydrogen-bond donors (Lipinski definition) is 0. The maximum atomic E-state index is 13.5. The van der Waals surface area contributed by atoms with Gasteiger partial charge in [0.25, 0.3) is 0 Å². The van der Waals surface area contributed by atoms with Gasteiger partial charge in [0.1, 0.15) is 5.60 Å². The molecule has 34 heavy (non-hydrogen) atoms. The molecule has 0 spiro atoms. The van der Waals surface area contributed by atoms with E-state index in [1.54, 1.807) is 4.90 Å². The van der Waals surface area contributed by atoms with E-state index in [1.807, 2.05) is 56.6 Å². The van der Waals surface area contributed by atoms with Crippen LogP contribution in [0, 0.1) is 0 Å². The minimum atomic E-state index is -0.595. The first kappa shape index (κ1) is 25.1. The normalized spacial score (nSPS) is 25.7. The lowest BCUT2D eigenvalue weighted by Gasteiger charge is -2.43. The third-order valence-corrected chi connectivity index (χ3v) is 6.83. The number of fused-ring (bicyclic) bond motifs is 1. The van der Waals surface area contributed by atoms with E-state index in [9.17, 15) is 9.59 Å². The molecule has 8 nitrogen and oxygen atoms in total. The predicted octanol–water partition coefficient (Wildman–Crippen LogP) is 4.24. The van der Waals surface area contributed by atoms with Crippen LogP contribution in [0.25, 0.3) is 0 Å². The summed E-state index contributed by atoms with van der Waals surface area (Å²) in [4.78, 5) is 32.1. The van der Waals surface area contributed by atoms with Gasteiger partial charge in [-0.05, 0) is 69.9 Å². The summed E-state index contributed by atoms with van der Waals surface area (Å²) < 4.78 is 17.1. The standard InChI is InChI=1S/C25H36ClN3O5/c1-16-13-33-14-17(2)29(16)23(30)27-7-6-18-10-19(26)11-20(21(18)12-27)22-15-32-9-8-28(22)24(31)34-25(3,4)5/h10-11,16-17,22H,6-9,12-15H2,1-5H3/t16?,17?,22-/m0/s1. The summed E-state index contributed by atoms with van der Waals surface area (Å²) in [5, 5.41) is 0.624. The third kappa shape index (κ3) is 5.29. The summed E-state index contributed by atoms with van der Waals surface area (Å²) in [6.07, 6.45) is 0.344.